The molecule has 0 aromatic carbocycles. The number of hydrogen-bond acceptors (Lipinski definition) is 3. The summed E-state index contributed by atoms with van der Waals surface area (Å²) >= 11 is 0. The van der Waals surface area contributed by atoms with Gasteiger partial charge >= 0.3 is 5.97 Å². The Bertz CT molecular complexity index is 355. The van der Waals surface area contributed by atoms with E-state index in [0.29, 0.717) is 0 Å². The Labute approximate surface area is 149 Å². The molecule has 3 nitrogen and oxygen atoms in total. The minimum atomic E-state index is -0.658. The molecular formula is C21H40O3. The predicted molar refractivity (Wildman–Crippen MR) is 100 cm³/mol. The molecule has 0 saturated carbocycles. The zero-order chi connectivity index (χ0) is 17.9. The van der Waals surface area contributed by atoms with Gasteiger partial charge in [0.05, 0.1) is 7.11 Å². The first-order valence-corrected chi connectivity index (χ1v) is 10.3. The van der Waals surface area contributed by atoms with Gasteiger partial charge in [-0.1, -0.05) is 84.5 Å². The highest BCUT2D eigenvalue weighted by Gasteiger charge is 2.71. The van der Waals surface area contributed by atoms with Crippen molar-refractivity contribution in [2.24, 2.45) is 0 Å². The third kappa shape index (κ3) is 6.06. The highest BCUT2D eigenvalue weighted by atomic mass is 16.7. The Balaban J connectivity index is 2.01. The van der Waals surface area contributed by atoms with Crippen molar-refractivity contribution in [3.8, 4) is 0 Å². The Morgan fingerprint density at radius 3 is 1.67 bits per heavy atom. The van der Waals surface area contributed by atoms with Crippen LogP contribution in [0.1, 0.15) is 111 Å². The summed E-state index contributed by atoms with van der Waals surface area (Å²) in [5.74, 6) is -0.185. The fourth-order valence-corrected chi connectivity index (χ4v) is 3.77. The topological polar surface area (TPSA) is 38.8 Å². The molecule has 1 aliphatic heterocycles. The van der Waals surface area contributed by atoms with Crippen molar-refractivity contribution in [2.75, 3.05) is 7.11 Å². The van der Waals surface area contributed by atoms with Gasteiger partial charge in [0, 0.05) is 0 Å². The maximum absolute atomic E-state index is 12.1. The molecule has 0 aliphatic carbocycles. The molecule has 1 heterocycles. The van der Waals surface area contributed by atoms with Crippen LogP contribution in [-0.2, 0) is 14.3 Å². The number of rotatable bonds is 15. The van der Waals surface area contributed by atoms with Crippen LogP contribution in [0.4, 0.5) is 0 Å². The van der Waals surface area contributed by atoms with Gasteiger partial charge in [0.25, 0.3) is 0 Å². The summed E-state index contributed by atoms with van der Waals surface area (Å²) in [6.07, 6.45) is 17.6. The molecule has 0 bridgehead atoms. The predicted octanol–water partition coefficient (Wildman–Crippen LogP) is 6.19. The van der Waals surface area contributed by atoms with E-state index in [-0.39, 0.29) is 11.6 Å². The second-order valence-corrected chi connectivity index (χ2v) is 7.64. The van der Waals surface area contributed by atoms with Crippen LogP contribution in [0.5, 0.6) is 0 Å². The van der Waals surface area contributed by atoms with Gasteiger partial charge < -0.3 is 9.47 Å². The van der Waals surface area contributed by atoms with Crippen LogP contribution in [0.25, 0.3) is 0 Å². The SMILES string of the molecule is CCCCCCCCCCCCCCC1(C(=O)OC)OC1(C)CC. The first-order valence-electron chi connectivity index (χ1n) is 10.3. The molecule has 0 aromatic rings. The Morgan fingerprint density at radius 2 is 1.29 bits per heavy atom. The van der Waals surface area contributed by atoms with E-state index in [9.17, 15) is 4.79 Å². The fourth-order valence-electron chi connectivity index (χ4n) is 3.77. The number of carbonyl (C=O) groups excluding carboxylic acids is 1. The first-order chi connectivity index (χ1) is 11.6. The molecule has 142 valence electrons. The third-order valence-electron chi connectivity index (χ3n) is 5.78. The van der Waals surface area contributed by atoms with Gasteiger partial charge in [-0.15, -0.1) is 0 Å². The molecule has 0 spiro atoms. The van der Waals surface area contributed by atoms with E-state index in [1.165, 1.54) is 77.7 Å². The summed E-state index contributed by atoms with van der Waals surface area (Å²) in [7, 11) is 1.46. The van der Waals surface area contributed by atoms with E-state index < -0.39 is 5.60 Å². The number of hydrogen-bond donors (Lipinski definition) is 0. The van der Waals surface area contributed by atoms with E-state index in [2.05, 4.69) is 13.8 Å². The maximum atomic E-state index is 12.1. The average molecular weight is 341 g/mol. The number of epoxide rings is 1. The first kappa shape index (κ1) is 21.5. The molecular weight excluding hydrogens is 300 g/mol. The molecule has 1 fully saturated rings. The van der Waals surface area contributed by atoms with Crippen molar-refractivity contribution in [1.29, 1.82) is 0 Å². The second-order valence-electron chi connectivity index (χ2n) is 7.64. The average Bonchev–Trinajstić information content (AvgIpc) is 3.21. The van der Waals surface area contributed by atoms with Gasteiger partial charge in [0.2, 0.25) is 0 Å². The van der Waals surface area contributed by atoms with Crippen molar-refractivity contribution >= 4 is 5.97 Å². The van der Waals surface area contributed by atoms with E-state index >= 15 is 0 Å². The lowest BCUT2D eigenvalue weighted by molar-refractivity contribution is -0.147. The van der Waals surface area contributed by atoms with Crippen LogP contribution < -0.4 is 0 Å². The monoisotopic (exact) mass is 340 g/mol. The number of methoxy groups -OCH3 is 1. The third-order valence-corrected chi connectivity index (χ3v) is 5.78. The quantitative estimate of drug-likeness (QED) is 0.203. The Hall–Kier alpha value is -0.570. The number of ether oxygens (including phenoxy) is 2. The van der Waals surface area contributed by atoms with Gasteiger partial charge in [-0.2, -0.15) is 0 Å². The normalized spacial score (nSPS) is 25.7. The molecule has 2 unspecified atom stereocenters. The lowest BCUT2D eigenvalue weighted by Crippen LogP contribution is -2.33. The van der Waals surface area contributed by atoms with E-state index in [0.717, 1.165) is 19.3 Å². The van der Waals surface area contributed by atoms with E-state index in [1.807, 2.05) is 6.92 Å². The molecule has 1 saturated heterocycles. The van der Waals surface area contributed by atoms with Gasteiger partial charge in [-0.05, 0) is 26.2 Å². The van der Waals surface area contributed by atoms with Gasteiger partial charge in [0.15, 0.2) is 5.60 Å². The summed E-state index contributed by atoms with van der Waals surface area (Å²) < 4.78 is 10.8. The Morgan fingerprint density at radius 1 is 0.833 bits per heavy atom. The molecule has 1 rings (SSSR count). The molecule has 24 heavy (non-hydrogen) atoms. The summed E-state index contributed by atoms with van der Waals surface area (Å²) in [4.78, 5) is 12.1. The fraction of sp³-hybridized carbons (Fsp3) is 0.952. The van der Waals surface area contributed by atoms with Crippen LogP contribution in [0.3, 0.4) is 0 Å². The minimum absolute atomic E-state index is 0.185. The van der Waals surface area contributed by atoms with Gasteiger partial charge in [0.1, 0.15) is 5.60 Å². The summed E-state index contributed by atoms with van der Waals surface area (Å²) in [6, 6.07) is 0. The highest BCUT2D eigenvalue weighted by Crippen LogP contribution is 2.54. The minimum Gasteiger partial charge on any atom is -0.467 e. The number of carbonyl (C=O) groups is 1. The molecule has 1 aliphatic rings. The van der Waals surface area contributed by atoms with Crippen molar-refractivity contribution < 1.29 is 14.3 Å². The molecule has 0 amide bonds. The van der Waals surface area contributed by atoms with Crippen molar-refractivity contribution in [1.82, 2.24) is 0 Å². The van der Waals surface area contributed by atoms with E-state index in [1.54, 1.807) is 0 Å². The highest BCUT2D eigenvalue weighted by molar-refractivity contribution is 5.84. The van der Waals surface area contributed by atoms with Gasteiger partial charge in [-0.25, -0.2) is 4.79 Å². The zero-order valence-electron chi connectivity index (χ0n) is 16.6. The summed E-state index contributed by atoms with van der Waals surface area (Å²) in [5, 5.41) is 0. The second kappa shape index (κ2) is 11.1. The molecule has 0 N–H and O–H groups in total. The van der Waals surface area contributed by atoms with Crippen LogP contribution in [0, 0.1) is 0 Å². The summed E-state index contributed by atoms with van der Waals surface area (Å²) in [6.45, 7) is 6.38. The molecule has 3 heteroatoms. The smallest absolute Gasteiger partial charge is 0.341 e. The van der Waals surface area contributed by atoms with Crippen LogP contribution in [0.2, 0.25) is 0 Å². The molecule has 0 radical (unpaired) electrons. The standard InChI is InChI=1S/C21H40O3/c1-5-7-8-9-10-11-12-13-14-15-16-17-18-21(19(22)23-4)20(3,6-2)24-21/h5-18H2,1-4H3. The maximum Gasteiger partial charge on any atom is 0.341 e. The van der Waals surface area contributed by atoms with Crippen LogP contribution in [0.15, 0.2) is 0 Å². The van der Waals surface area contributed by atoms with Crippen molar-refractivity contribution in [2.45, 2.75) is 122 Å². The lowest BCUT2D eigenvalue weighted by Gasteiger charge is -2.14. The van der Waals surface area contributed by atoms with Crippen LogP contribution in [-0.4, -0.2) is 24.3 Å². The molecule has 2 atom stereocenters. The van der Waals surface area contributed by atoms with Crippen molar-refractivity contribution in [3.05, 3.63) is 0 Å². The summed E-state index contributed by atoms with van der Waals surface area (Å²) in [5.41, 5.74) is -0.965. The van der Waals surface area contributed by atoms with Crippen molar-refractivity contribution in [3.63, 3.8) is 0 Å². The van der Waals surface area contributed by atoms with Crippen LogP contribution >= 0.6 is 0 Å². The van der Waals surface area contributed by atoms with E-state index in [4.69, 9.17) is 9.47 Å². The van der Waals surface area contributed by atoms with Gasteiger partial charge in [-0.3, -0.25) is 0 Å². The molecule has 0 aromatic heterocycles. The Kier molecular flexibility index (Phi) is 9.95. The number of esters is 1. The lowest BCUT2D eigenvalue weighted by atomic mass is 9.87. The largest absolute Gasteiger partial charge is 0.467 e. The number of unbranched alkanes of at least 4 members (excludes halogenated alkanes) is 11. The zero-order valence-corrected chi connectivity index (χ0v) is 16.6.